The highest BCUT2D eigenvalue weighted by Crippen LogP contribution is 2.09. The lowest BCUT2D eigenvalue weighted by molar-refractivity contribution is 1.13. The Kier molecular flexibility index (Phi) is 4.76. The number of hydrogen-bond acceptors (Lipinski definition) is 6. The van der Waals surface area contributed by atoms with Gasteiger partial charge in [0, 0.05) is 24.1 Å². The zero-order valence-electron chi connectivity index (χ0n) is 8.44. The van der Waals surface area contributed by atoms with Gasteiger partial charge >= 0.3 is 0 Å². The van der Waals surface area contributed by atoms with Crippen LogP contribution in [0.15, 0.2) is 18.7 Å². The smallest absolute Gasteiger partial charge is 0.223 e. The summed E-state index contributed by atoms with van der Waals surface area (Å²) >= 11 is 1.79. The summed E-state index contributed by atoms with van der Waals surface area (Å²) < 4.78 is 0. The quantitative estimate of drug-likeness (QED) is 0.494. The molecule has 0 fully saturated rings. The number of nitrogens with one attached hydrogen (secondary N) is 1. The van der Waals surface area contributed by atoms with E-state index >= 15 is 0 Å². The first kappa shape index (κ1) is 11.6. The van der Waals surface area contributed by atoms with E-state index in [1.807, 2.05) is 6.08 Å². The lowest BCUT2D eigenvalue weighted by Gasteiger charge is -2.05. The van der Waals surface area contributed by atoms with Crippen molar-refractivity contribution < 1.29 is 0 Å². The van der Waals surface area contributed by atoms with Gasteiger partial charge in [0.25, 0.3) is 0 Å². The van der Waals surface area contributed by atoms with E-state index in [-0.39, 0.29) is 5.95 Å². The van der Waals surface area contributed by atoms with Crippen molar-refractivity contribution in [1.29, 1.82) is 0 Å². The highest BCUT2D eigenvalue weighted by Gasteiger charge is 1.98. The number of hydrogen-bond donors (Lipinski definition) is 3. The summed E-state index contributed by atoms with van der Waals surface area (Å²) in [6.45, 7) is 4.46. The molecule has 0 saturated heterocycles. The first-order valence-corrected chi connectivity index (χ1v) is 5.70. The Bertz CT molecular complexity index is 308. The highest BCUT2D eigenvalue weighted by atomic mass is 32.2. The maximum Gasteiger partial charge on any atom is 0.223 e. The largest absolute Gasteiger partial charge is 0.383 e. The SMILES string of the molecule is C=CCSCCNc1cc(N)nc(N)n1. The Morgan fingerprint density at radius 3 is 2.93 bits per heavy atom. The number of aromatic nitrogens is 2. The molecule has 1 heterocycles. The average molecular weight is 225 g/mol. The van der Waals surface area contributed by atoms with E-state index in [1.54, 1.807) is 17.8 Å². The summed E-state index contributed by atoms with van der Waals surface area (Å²) in [4.78, 5) is 7.78. The van der Waals surface area contributed by atoms with Crippen LogP contribution in [0.4, 0.5) is 17.6 Å². The first-order valence-electron chi connectivity index (χ1n) is 4.55. The molecule has 0 saturated carbocycles. The molecule has 6 heteroatoms. The Morgan fingerprint density at radius 2 is 2.27 bits per heavy atom. The van der Waals surface area contributed by atoms with Crippen LogP contribution in [0, 0.1) is 0 Å². The fourth-order valence-corrected chi connectivity index (χ4v) is 1.57. The van der Waals surface area contributed by atoms with Gasteiger partial charge in [-0.05, 0) is 0 Å². The fourth-order valence-electron chi connectivity index (χ4n) is 0.994. The third kappa shape index (κ3) is 4.55. The van der Waals surface area contributed by atoms with Crippen LogP contribution in [0.1, 0.15) is 0 Å². The molecule has 0 radical (unpaired) electrons. The molecule has 0 amide bonds. The molecule has 0 spiro atoms. The Hall–Kier alpha value is -1.43. The van der Waals surface area contributed by atoms with Crippen molar-refractivity contribution in [1.82, 2.24) is 9.97 Å². The molecular formula is C9H15N5S. The number of rotatable bonds is 6. The van der Waals surface area contributed by atoms with E-state index in [9.17, 15) is 0 Å². The average Bonchev–Trinajstić information content (AvgIpc) is 2.16. The van der Waals surface area contributed by atoms with Gasteiger partial charge in [-0.3, -0.25) is 0 Å². The molecule has 0 aliphatic rings. The summed E-state index contributed by atoms with van der Waals surface area (Å²) in [6.07, 6.45) is 1.88. The van der Waals surface area contributed by atoms with Crippen LogP contribution in [-0.2, 0) is 0 Å². The molecule has 0 atom stereocenters. The van der Waals surface area contributed by atoms with Gasteiger partial charge in [0.2, 0.25) is 5.95 Å². The van der Waals surface area contributed by atoms with Crippen molar-refractivity contribution in [2.75, 3.05) is 34.8 Å². The molecule has 0 aliphatic carbocycles. The molecule has 15 heavy (non-hydrogen) atoms. The third-order valence-corrected chi connectivity index (χ3v) is 2.52. The standard InChI is InChI=1S/C9H15N5S/c1-2-4-15-5-3-12-8-6-7(10)13-9(11)14-8/h2,6H,1,3-5H2,(H5,10,11,12,13,14). The summed E-state index contributed by atoms with van der Waals surface area (Å²) in [6, 6.07) is 1.66. The number of anilines is 3. The van der Waals surface area contributed by atoms with Crippen LogP contribution >= 0.6 is 11.8 Å². The zero-order chi connectivity index (χ0) is 11.1. The first-order chi connectivity index (χ1) is 7.22. The van der Waals surface area contributed by atoms with Crippen LogP contribution in [0.5, 0.6) is 0 Å². The van der Waals surface area contributed by atoms with Crippen LogP contribution in [-0.4, -0.2) is 28.0 Å². The molecular weight excluding hydrogens is 210 g/mol. The van der Waals surface area contributed by atoms with Crippen molar-refractivity contribution in [2.24, 2.45) is 0 Å². The van der Waals surface area contributed by atoms with Gasteiger partial charge in [-0.1, -0.05) is 6.08 Å². The second kappa shape index (κ2) is 6.13. The topological polar surface area (TPSA) is 89.8 Å². The Labute approximate surface area is 93.4 Å². The maximum absolute atomic E-state index is 5.52. The van der Waals surface area contributed by atoms with Gasteiger partial charge < -0.3 is 16.8 Å². The van der Waals surface area contributed by atoms with Gasteiger partial charge in [-0.25, -0.2) is 0 Å². The molecule has 5 nitrogen and oxygen atoms in total. The van der Waals surface area contributed by atoms with E-state index in [2.05, 4.69) is 21.9 Å². The minimum atomic E-state index is 0.191. The van der Waals surface area contributed by atoms with Crippen molar-refractivity contribution in [2.45, 2.75) is 0 Å². The molecule has 0 bridgehead atoms. The van der Waals surface area contributed by atoms with Gasteiger partial charge in [0.05, 0.1) is 0 Å². The van der Waals surface area contributed by atoms with E-state index < -0.39 is 0 Å². The van der Waals surface area contributed by atoms with E-state index in [1.165, 1.54) is 0 Å². The van der Waals surface area contributed by atoms with E-state index in [4.69, 9.17) is 11.5 Å². The number of nitrogens with zero attached hydrogens (tertiary/aromatic N) is 2. The van der Waals surface area contributed by atoms with Crippen LogP contribution in [0.25, 0.3) is 0 Å². The molecule has 0 unspecified atom stereocenters. The zero-order valence-corrected chi connectivity index (χ0v) is 9.26. The van der Waals surface area contributed by atoms with Crippen molar-refractivity contribution in [3.63, 3.8) is 0 Å². The van der Waals surface area contributed by atoms with E-state index in [0.29, 0.717) is 11.6 Å². The molecule has 0 aromatic carbocycles. The number of nitrogens with two attached hydrogens (primary N) is 2. The van der Waals surface area contributed by atoms with Crippen LogP contribution in [0.3, 0.4) is 0 Å². The van der Waals surface area contributed by atoms with Gasteiger partial charge in [0.1, 0.15) is 11.6 Å². The lowest BCUT2D eigenvalue weighted by atomic mass is 10.5. The molecule has 1 aromatic rings. The molecule has 5 N–H and O–H groups in total. The van der Waals surface area contributed by atoms with Gasteiger partial charge in [-0.2, -0.15) is 21.7 Å². The van der Waals surface area contributed by atoms with Crippen LogP contribution < -0.4 is 16.8 Å². The van der Waals surface area contributed by atoms with E-state index in [0.717, 1.165) is 18.1 Å². The molecule has 1 aromatic heterocycles. The predicted molar refractivity (Wildman–Crippen MR) is 66.9 cm³/mol. The Morgan fingerprint density at radius 1 is 1.47 bits per heavy atom. The van der Waals surface area contributed by atoms with Gasteiger partial charge in [0.15, 0.2) is 0 Å². The normalized spacial score (nSPS) is 9.87. The third-order valence-electron chi connectivity index (χ3n) is 1.55. The fraction of sp³-hybridized carbons (Fsp3) is 0.333. The van der Waals surface area contributed by atoms with Crippen molar-refractivity contribution in [3.05, 3.63) is 18.7 Å². The minimum absolute atomic E-state index is 0.191. The maximum atomic E-state index is 5.52. The van der Waals surface area contributed by atoms with Crippen molar-refractivity contribution >= 4 is 29.3 Å². The second-order valence-corrected chi connectivity index (χ2v) is 3.98. The summed E-state index contributed by atoms with van der Waals surface area (Å²) in [7, 11) is 0. The van der Waals surface area contributed by atoms with Crippen molar-refractivity contribution in [3.8, 4) is 0 Å². The van der Waals surface area contributed by atoms with Gasteiger partial charge in [-0.15, -0.1) is 6.58 Å². The Balaban J connectivity index is 2.33. The lowest BCUT2D eigenvalue weighted by Crippen LogP contribution is -2.08. The summed E-state index contributed by atoms with van der Waals surface area (Å²) in [5.74, 6) is 3.17. The predicted octanol–water partition coefficient (Wildman–Crippen LogP) is 0.972. The molecule has 82 valence electrons. The summed E-state index contributed by atoms with van der Waals surface area (Å²) in [5.41, 5.74) is 11.0. The minimum Gasteiger partial charge on any atom is -0.383 e. The van der Waals surface area contributed by atoms with Crippen LogP contribution in [0.2, 0.25) is 0 Å². The molecule has 0 aliphatic heterocycles. The molecule has 1 rings (SSSR count). The number of thioether (sulfide) groups is 1. The number of nitrogen functional groups attached to an aromatic ring is 2. The highest BCUT2D eigenvalue weighted by molar-refractivity contribution is 7.99. The summed E-state index contributed by atoms with van der Waals surface area (Å²) in [5, 5.41) is 3.12. The second-order valence-electron chi connectivity index (χ2n) is 2.83. The monoisotopic (exact) mass is 225 g/mol.